The zero-order valence-corrected chi connectivity index (χ0v) is 13.0. The highest BCUT2D eigenvalue weighted by molar-refractivity contribution is 5.94. The lowest BCUT2D eigenvalue weighted by Gasteiger charge is -2.41. The van der Waals surface area contributed by atoms with E-state index in [2.05, 4.69) is 4.98 Å². The second kappa shape index (κ2) is 5.30. The molecular formula is C15H17ClN2O4. The van der Waals surface area contributed by atoms with Crippen molar-refractivity contribution in [3.63, 3.8) is 0 Å². The number of benzene rings is 1. The Morgan fingerprint density at radius 3 is 2.55 bits per heavy atom. The zero-order valence-electron chi connectivity index (χ0n) is 12.2. The van der Waals surface area contributed by atoms with E-state index in [0.29, 0.717) is 11.3 Å². The predicted octanol–water partition coefficient (Wildman–Crippen LogP) is 2.00. The Kier molecular flexibility index (Phi) is 3.93. The van der Waals surface area contributed by atoms with E-state index in [4.69, 9.17) is 0 Å². The van der Waals surface area contributed by atoms with Crippen molar-refractivity contribution in [2.45, 2.75) is 18.4 Å². The van der Waals surface area contributed by atoms with Gasteiger partial charge in [-0.25, -0.2) is 4.79 Å². The van der Waals surface area contributed by atoms with Crippen molar-refractivity contribution < 1.29 is 19.8 Å². The third-order valence-corrected chi connectivity index (χ3v) is 4.52. The normalized spacial score (nSPS) is 24.5. The maximum atomic E-state index is 11.8. The second-order valence-corrected chi connectivity index (χ2v) is 5.61. The fourth-order valence-electron chi connectivity index (χ4n) is 3.12. The SMILES string of the molecule is CN1CC(C(=O)O)c2c([nH]c3ccccc23)C1(C)C(=O)O.Cl. The number of rotatable bonds is 2. The van der Waals surface area contributed by atoms with E-state index in [1.165, 1.54) is 0 Å². The Morgan fingerprint density at radius 2 is 1.95 bits per heavy atom. The quantitative estimate of drug-likeness (QED) is 0.785. The van der Waals surface area contributed by atoms with Gasteiger partial charge in [-0.05, 0) is 25.6 Å². The van der Waals surface area contributed by atoms with Gasteiger partial charge in [0.1, 0.15) is 0 Å². The number of aromatic nitrogens is 1. The molecule has 6 nitrogen and oxygen atoms in total. The van der Waals surface area contributed by atoms with Crippen LogP contribution in [0, 0.1) is 0 Å². The van der Waals surface area contributed by atoms with Crippen LogP contribution in [0.1, 0.15) is 24.1 Å². The van der Waals surface area contributed by atoms with Gasteiger partial charge in [-0.1, -0.05) is 18.2 Å². The monoisotopic (exact) mass is 324 g/mol. The van der Waals surface area contributed by atoms with Gasteiger partial charge in [-0.3, -0.25) is 9.69 Å². The number of aliphatic carboxylic acids is 2. The van der Waals surface area contributed by atoms with Crippen molar-refractivity contribution in [1.82, 2.24) is 9.88 Å². The topological polar surface area (TPSA) is 93.6 Å². The van der Waals surface area contributed by atoms with E-state index in [0.717, 1.165) is 10.9 Å². The smallest absolute Gasteiger partial charge is 0.330 e. The first kappa shape index (κ1) is 16.3. The molecule has 0 aliphatic carbocycles. The maximum Gasteiger partial charge on any atom is 0.330 e. The number of nitrogens with one attached hydrogen (secondary N) is 1. The zero-order chi connectivity index (χ0) is 15.4. The van der Waals surface area contributed by atoms with Gasteiger partial charge in [0.2, 0.25) is 0 Å². The molecule has 0 radical (unpaired) electrons. The summed E-state index contributed by atoms with van der Waals surface area (Å²) in [6.45, 7) is 1.76. The molecule has 3 N–H and O–H groups in total. The van der Waals surface area contributed by atoms with E-state index >= 15 is 0 Å². The molecule has 0 saturated carbocycles. The minimum atomic E-state index is -1.26. The summed E-state index contributed by atoms with van der Waals surface area (Å²) in [5.74, 6) is -2.68. The van der Waals surface area contributed by atoms with Crippen molar-refractivity contribution in [1.29, 1.82) is 0 Å². The molecule has 1 aliphatic heterocycles. The largest absolute Gasteiger partial charge is 0.481 e. The lowest BCUT2D eigenvalue weighted by atomic mass is 9.81. The second-order valence-electron chi connectivity index (χ2n) is 5.61. The molecule has 0 fully saturated rings. The van der Waals surface area contributed by atoms with E-state index in [-0.39, 0.29) is 19.0 Å². The fourth-order valence-corrected chi connectivity index (χ4v) is 3.12. The molecule has 1 aliphatic rings. The third kappa shape index (κ3) is 1.99. The Hall–Kier alpha value is -2.05. The van der Waals surface area contributed by atoms with Gasteiger partial charge in [-0.15, -0.1) is 12.4 Å². The summed E-state index contributed by atoms with van der Waals surface area (Å²) >= 11 is 0. The van der Waals surface area contributed by atoms with Crippen LogP contribution in [-0.4, -0.2) is 45.6 Å². The van der Waals surface area contributed by atoms with E-state index < -0.39 is 23.4 Å². The third-order valence-electron chi connectivity index (χ3n) is 4.52. The highest BCUT2D eigenvalue weighted by Gasteiger charge is 2.49. The molecule has 0 spiro atoms. The molecule has 7 heteroatoms. The number of para-hydroxylation sites is 1. The fraction of sp³-hybridized carbons (Fsp3) is 0.333. The van der Waals surface area contributed by atoms with Crippen molar-refractivity contribution in [2.75, 3.05) is 13.6 Å². The average molecular weight is 325 g/mol. The van der Waals surface area contributed by atoms with Gasteiger partial charge in [-0.2, -0.15) is 0 Å². The number of carboxylic acid groups (broad SMARTS) is 2. The molecule has 2 atom stereocenters. The number of likely N-dealkylation sites (N-methyl/N-ethyl adjacent to an activating group) is 1. The number of halogens is 1. The summed E-state index contributed by atoms with van der Waals surface area (Å²) in [7, 11) is 1.64. The summed E-state index contributed by atoms with van der Waals surface area (Å²) in [6.07, 6.45) is 0. The summed E-state index contributed by atoms with van der Waals surface area (Å²) < 4.78 is 0. The van der Waals surface area contributed by atoms with Crippen molar-refractivity contribution in [3.8, 4) is 0 Å². The molecule has 1 aromatic carbocycles. The van der Waals surface area contributed by atoms with Gasteiger partial charge in [0, 0.05) is 17.4 Å². The minimum absolute atomic E-state index is 0. The van der Waals surface area contributed by atoms with Crippen LogP contribution in [-0.2, 0) is 15.1 Å². The lowest BCUT2D eigenvalue weighted by molar-refractivity contribution is -0.153. The first-order valence-corrected chi connectivity index (χ1v) is 6.66. The van der Waals surface area contributed by atoms with Gasteiger partial charge >= 0.3 is 11.9 Å². The van der Waals surface area contributed by atoms with Crippen LogP contribution in [0.15, 0.2) is 24.3 Å². The standard InChI is InChI=1S/C15H16N2O4.ClH/c1-15(14(20)21)12-11(9(13(18)19)7-17(15)2)8-5-3-4-6-10(8)16-12;/h3-6,9,16H,7H2,1-2H3,(H,18,19)(H,20,21);1H. The Labute approximate surface area is 133 Å². The summed E-state index contributed by atoms with van der Waals surface area (Å²) in [4.78, 5) is 28.1. The van der Waals surface area contributed by atoms with Crippen LogP contribution in [0.3, 0.4) is 0 Å². The van der Waals surface area contributed by atoms with Crippen molar-refractivity contribution >= 4 is 35.2 Å². The number of hydrogen-bond donors (Lipinski definition) is 3. The molecule has 0 saturated heterocycles. The molecule has 1 aromatic heterocycles. The van der Waals surface area contributed by atoms with Crippen LogP contribution in [0.25, 0.3) is 10.9 Å². The lowest BCUT2D eigenvalue weighted by Crippen LogP contribution is -2.53. The van der Waals surface area contributed by atoms with E-state index in [1.807, 2.05) is 24.3 Å². The van der Waals surface area contributed by atoms with Gasteiger partial charge < -0.3 is 15.2 Å². The number of fused-ring (bicyclic) bond motifs is 3. The molecule has 118 valence electrons. The summed E-state index contributed by atoms with van der Waals surface area (Å²) in [5, 5.41) is 19.9. The molecule has 2 aromatic rings. The number of carbonyl (C=O) groups is 2. The van der Waals surface area contributed by atoms with Crippen LogP contribution in [0.4, 0.5) is 0 Å². The molecule has 3 rings (SSSR count). The maximum absolute atomic E-state index is 11.8. The van der Waals surface area contributed by atoms with Gasteiger partial charge in [0.25, 0.3) is 0 Å². The van der Waals surface area contributed by atoms with Crippen LogP contribution in [0.2, 0.25) is 0 Å². The van der Waals surface area contributed by atoms with Crippen LogP contribution >= 0.6 is 12.4 Å². The molecule has 2 heterocycles. The highest BCUT2D eigenvalue weighted by Crippen LogP contribution is 2.43. The molecule has 22 heavy (non-hydrogen) atoms. The number of nitrogens with zero attached hydrogens (tertiary/aromatic N) is 1. The Morgan fingerprint density at radius 1 is 1.32 bits per heavy atom. The van der Waals surface area contributed by atoms with Crippen molar-refractivity contribution in [3.05, 3.63) is 35.5 Å². The minimum Gasteiger partial charge on any atom is -0.481 e. The van der Waals surface area contributed by atoms with E-state index in [1.54, 1.807) is 18.9 Å². The van der Waals surface area contributed by atoms with Crippen LogP contribution in [0.5, 0.6) is 0 Å². The number of aromatic amines is 1. The van der Waals surface area contributed by atoms with Crippen LogP contribution < -0.4 is 0 Å². The molecule has 2 unspecified atom stereocenters. The summed E-state index contributed by atoms with van der Waals surface area (Å²) in [6, 6.07) is 7.32. The Bertz CT molecular complexity index is 757. The average Bonchev–Trinajstić information content (AvgIpc) is 2.82. The van der Waals surface area contributed by atoms with Crippen molar-refractivity contribution in [2.24, 2.45) is 0 Å². The predicted molar refractivity (Wildman–Crippen MR) is 83.5 cm³/mol. The first-order chi connectivity index (χ1) is 9.87. The van der Waals surface area contributed by atoms with Gasteiger partial charge in [0.15, 0.2) is 5.54 Å². The highest BCUT2D eigenvalue weighted by atomic mass is 35.5. The number of carboxylic acids is 2. The Balaban J connectivity index is 0.00000176. The van der Waals surface area contributed by atoms with Gasteiger partial charge in [0.05, 0.1) is 11.6 Å². The molecule has 0 amide bonds. The first-order valence-electron chi connectivity index (χ1n) is 6.66. The number of H-pyrrole nitrogens is 1. The molecular weight excluding hydrogens is 308 g/mol. The summed E-state index contributed by atoms with van der Waals surface area (Å²) in [5.41, 5.74) is 0.537. The molecule has 0 bridgehead atoms. The number of hydrogen-bond acceptors (Lipinski definition) is 3. The van der Waals surface area contributed by atoms with E-state index in [9.17, 15) is 19.8 Å².